The highest BCUT2D eigenvalue weighted by Gasteiger charge is 2.47. The molecule has 0 N–H and O–H groups in total. The Labute approximate surface area is 164 Å². The molecule has 2 aromatic rings. The number of likely N-dealkylation sites (N-methyl/N-ethyl adjacent to an activating group) is 1. The fourth-order valence-corrected chi connectivity index (χ4v) is 4.71. The van der Waals surface area contributed by atoms with Crippen LogP contribution in [0.15, 0.2) is 18.5 Å². The first-order valence-corrected chi connectivity index (χ1v) is 10.1. The van der Waals surface area contributed by atoms with E-state index in [1.54, 1.807) is 24.0 Å². The van der Waals surface area contributed by atoms with Gasteiger partial charge in [0.1, 0.15) is 5.69 Å². The molecule has 2 aromatic heterocycles. The average Bonchev–Trinajstić information content (AvgIpc) is 3.21. The lowest BCUT2D eigenvalue weighted by molar-refractivity contribution is 0.0537. The van der Waals surface area contributed by atoms with Crippen LogP contribution in [0.2, 0.25) is 0 Å². The van der Waals surface area contributed by atoms with Gasteiger partial charge in [-0.1, -0.05) is 0 Å². The van der Waals surface area contributed by atoms with Crippen molar-refractivity contribution in [3.05, 3.63) is 35.4 Å². The van der Waals surface area contributed by atoms with E-state index in [1.165, 1.54) is 12.8 Å². The van der Waals surface area contributed by atoms with E-state index in [2.05, 4.69) is 5.10 Å². The number of amides is 2. The molecule has 1 saturated heterocycles. The van der Waals surface area contributed by atoms with Crippen molar-refractivity contribution < 1.29 is 9.59 Å². The van der Waals surface area contributed by atoms with E-state index in [0.29, 0.717) is 31.2 Å². The minimum atomic E-state index is -0.157. The van der Waals surface area contributed by atoms with Crippen molar-refractivity contribution in [1.82, 2.24) is 29.4 Å². The maximum Gasteiger partial charge on any atom is 0.272 e. The second kappa shape index (κ2) is 6.18. The van der Waals surface area contributed by atoms with Gasteiger partial charge in [0.2, 0.25) is 0 Å². The Morgan fingerprint density at radius 2 is 2.00 bits per heavy atom. The predicted molar refractivity (Wildman–Crippen MR) is 102 cm³/mol. The molecular formula is C20H26N6O2. The highest BCUT2D eigenvalue weighted by Crippen LogP contribution is 2.41. The molecular weight excluding hydrogens is 356 g/mol. The van der Waals surface area contributed by atoms with E-state index >= 15 is 0 Å². The Balaban J connectivity index is 1.39. The molecule has 0 radical (unpaired) electrons. The zero-order valence-corrected chi connectivity index (χ0v) is 16.5. The van der Waals surface area contributed by atoms with Gasteiger partial charge in [-0.25, -0.2) is 0 Å². The quantitative estimate of drug-likeness (QED) is 0.802. The second-order valence-electron chi connectivity index (χ2n) is 8.63. The van der Waals surface area contributed by atoms with E-state index < -0.39 is 0 Å². The van der Waals surface area contributed by atoms with Gasteiger partial charge in [0, 0.05) is 58.1 Å². The van der Waals surface area contributed by atoms with Crippen molar-refractivity contribution in [1.29, 1.82) is 0 Å². The van der Waals surface area contributed by atoms with E-state index in [0.717, 1.165) is 30.6 Å². The molecule has 3 aliphatic rings. The summed E-state index contributed by atoms with van der Waals surface area (Å²) in [6, 6.07) is 1.76. The Kier molecular flexibility index (Phi) is 3.86. The average molecular weight is 382 g/mol. The minimum absolute atomic E-state index is 0.0228. The van der Waals surface area contributed by atoms with Crippen molar-refractivity contribution in [2.75, 3.05) is 26.7 Å². The molecule has 2 aliphatic heterocycles. The lowest BCUT2D eigenvalue weighted by Gasteiger charge is -2.45. The lowest BCUT2D eigenvalue weighted by Crippen LogP contribution is -2.54. The highest BCUT2D eigenvalue weighted by molar-refractivity contribution is 5.97. The van der Waals surface area contributed by atoms with Crippen LogP contribution >= 0.6 is 0 Å². The summed E-state index contributed by atoms with van der Waals surface area (Å²) in [6.07, 6.45) is 7.76. The number of aryl methyl sites for hydroxylation is 1. The normalized spacial score (nSPS) is 21.3. The summed E-state index contributed by atoms with van der Waals surface area (Å²) >= 11 is 0. The van der Waals surface area contributed by atoms with Crippen LogP contribution in [0.25, 0.3) is 0 Å². The first kappa shape index (κ1) is 17.5. The predicted octanol–water partition coefficient (Wildman–Crippen LogP) is 1.29. The molecule has 8 nitrogen and oxygen atoms in total. The van der Waals surface area contributed by atoms with Gasteiger partial charge in [-0.15, -0.1) is 0 Å². The number of rotatable bonds is 3. The molecule has 0 atom stereocenters. The summed E-state index contributed by atoms with van der Waals surface area (Å²) in [5.41, 5.74) is 2.15. The van der Waals surface area contributed by atoms with E-state index in [9.17, 15) is 9.59 Å². The van der Waals surface area contributed by atoms with Crippen LogP contribution < -0.4 is 0 Å². The second-order valence-corrected chi connectivity index (χ2v) is 8.63. The van der Waals surface area contributed by atoms with E-state index in [-0.39, 0.29) is 17.2 Å². The van der Waals surface area contributed by atoms with Gasteiger partial charge in [-0.3, -0.25) is 19.0 Å². The molecule has 0 bridgehead atoms. The maximum atomic E-state index is 12.8. The van der Waals surface area contributed by atoms with Gasteiger partial charge in [0.05, 0.1) is 11.3 Å². The summed E-state index contributed by atoms with van der Waals surface area (Å²) in [7, 11) is 3.66. The summed E-state index contributed by atoms with van der Waals surface area (Å²) in [6.45, 7) is 2.92. The number of carbonyl (C=O) groups is 2. The van der Waals surface area contributed by atoms with Crippen molar-refractivity contribution in [2.24, 2.45) is 13.0 Å². The SMILES string of the molecule is CN1CC2(CCN(C(=O)c3ccnn3C)CC2)c2nn(CC3CC3)cc2C1=O. The first-order chi connectivity index (χ1) is 13.5. The molecule has 0 aromatic carbocycles. The number of likely N-dealkylation sites (tertiary alicyclic amines) is 1. The number of hydrogen-bond acceptors (Lipinski definition) is 4. The molecule has 2 fully saturated rings. The third-order valence-corrected chi connectivity index (χ3v) is 6.57. The van der Waals surface area contributed by atoms with Crippen LogP contribution in [0.5, 0.6) is 0 Å². The zero-order chi connectivity index (χ0) is 19.5. The molecule has 148 valence electrons. The Morgan fingerprint density at radius 1 is 1.25 bits per heavy atom. The Morgan fingerprint density at radius 3 is 2.64 bits per heavy atom. The number of hydrogen-bond donors (Lipinski definition) is 0. The summed E-state index contributed by atoms with van der Waals surface area (Å²) in [4.78, 5) is 29.3. The number of fused-ring (bicyclic) bond motifs is 2. The monoisotopic (exact) mass is 382 g/mol. The third kappa shape index (κ3) is 2.73. The van der Waals surface area contributed by atoms with Crippen molar-refractivity contribution in [2.45, 2.75) is 37.6 Å². The van der Waals surface area contributed by atoms with Crippen LogP contribution in [0.4, 0.5) is 0 Å². The number of aromatic nitrogens is 4. The maximum absolute atomic E-state index is 12.8. The van der Waals surface area contributed by atoms with Crippen LogP contribution in [0.3, 0.4) is 0 Å². The summed E-state index contributed by atoms with van der Waals surface area (Å²) in [5.74, 6) is 0.800. The molecule has 28 heavy (non-hydrogen) atoms. The molecule has 5 rings (SSSR count). The van der Waals surface area contributed by atoms with Crippen molar-refractivity contribution in [3.63, 3.8) is 0 Å². The fourth-order valence-electron chi connectivity index (χ4n) is 4.71. The van der Waals surface area contributed by atoms with Crippen LogP contribution in [-0.4, -0.2) is 67.9 Å². The molecule has 1 saturated carbocycles. The molecule has 4 heterocycles. The van der Waals surface area contributed by atoms with Gasteiger partial charge < -0.3 is 9.80 Å². The summed E-state index contributed by atoms with van der Waals surface area (Å²) in [5, 5.41) is 8.99. The first-order valence-electron chi connectivity index (χ1n) is 10.1. The Bertz CT molecular complexity index is 932. The lowest BCUT2D eigenvalue weighted by atomic mass is 9.72. The number of carbonyl (C=O) groups excluding carboxylic acids is 2. The van der Waals surface area contributed by atoms with Gasteiger partial charge in [-0.2, -0.15) is 10.2 Å². The van der Waals surface area contributed by atoms with Crippen LogP contribution in [-0.2, 0) is 19.0 Å². The summed E-state index contributed by atoms with van der Waals surface area (Å²) < 4.78 is 3.60. The van der Waals surface area contributed by atoms with Gasteiger partial charge in [-0.05, 0) is 37.7 Å². The van der Waals surface area contributed by atoms with E-state index in [1.807, 2.05) is 27.7 Å². The van der Waals surface area contributed by atoms with Crippen molar-refractivity contribution >= 4 is 11.8 Å². The van der Waals surface area contributed by atoms with Crippen molar-refractivity contribution in [3.8, 4) is 0 Å². The number of piperidine rings is 1. The fraction of sp³-hybridized carbons (Fsp3) is 0.600. The minimum Gasteiger partial charge on any atom is -0.341 e. The molecule has 0 unspecified atom stereocenters. The molecule has 2 amide bonds. The van der Waals surface area contributed by atoms with Gasteiger partial charge in [0.25, 0.3) is 11.8 Å². The Hall–Kier alpha value is -2.64. The van der Waals surface area contributed by atoms with E-state index in [4.69, 9.17) is 5.10 Å². The molecule has 1 aliphatic carbocycles. The third-order valence-electron chi connectivity index (χ3n) is 6.57. The van der Waals surface area contributed by atoms with Crippen LogP contribution in [0, 0.1) is 5.92 Å². The molecule has 8 heteroatoms. The number of nitrogens with zero attached hydrogens (tertiary/aromatic N) is 6. The molecule has 1 spiro atoms. The highest BCUT2D eigenvalue weighted by atomic mass is 16.2. The van der Waals surface area contributed by atoms with Crippen LogP contribution in [0.1, 0.15) is 52.2 Å². The zero-order valence-electron chi connectivity index (χ0n) is 16.5. The standard InChI is InChI=1S/C20H26N6O2/c1-23-13-20(17-15(18(23)27)12-26(22-17)11-14-3-4-14)6-9-25(10-7-20)19(28)16-5-8-21-24(16)2/h5,8,12,14H,3-4,6-7,9-11,13H2,1-2H3. The topological polar surface area (TPSA) is 76.3 Å². The van der Waals surface area contributed by atoms with Gasteiger partial charge in [0.15, 0.2) is 0 Å². The largest absolute Gasteiger partial charge is 0.341 e. The van der Waals surface area contributed by atoms with Gasteiger partial charge >= 0.3 is 0 Å². The smallest absolute Gasteiger partial charge is 0.272 e.